The van der Waals surface area contributed by atoms with Crippen molar-refractivity contribution < 1.29 is 0 Å². The monoisotopic (exact) mass is 710 g/mol. The zero-order chi connectivity index (χ0) is 37.0. The predicted octanol–water partition coefficient (Wildman–Crippen LogP) is 14.6. The van der Waals surface area contributed by atoms with Crippen molar-refractivity contribution in [2.24, 2.45) is 0 Å². The first-order chi connectivity index (χ1) is 27.8. The summed E-state index contributed by atoms with van der Waals surface area (Å²) in [6.07, 6.45) is 0. The van der Waals surface area contributed by atoms with Gasteiger partial charge in [-0.05, 0) is 88.2 Å². The average molecular weight is 711 g/mol. The molecule has 0 saturated carbocycles. The molecular weight excluding hydrogens is 677 g/mol. The molecule has 11 rings (SSSR count). The molecule has 0 aliphatic heterocycles. The van der Waals surface area contributed by atoms with Crippen LogP contribution in [0, 0.1) is 0 Å². The molecule has 0 fully saturated rings. The largest absolute Gasteiger partial charge is 0.228 e. The Labute approximate surface area is 325 Å². The minimum atomic E-state index is 0.708. The van der Waals surface area contributed by atoms with Gasteiger partial charge in [0.15, 0.2) is 5.82 Å². The van der Waals surface area contributed by atoms with Crippen LogP contribution in [0.3, 0.4) is 0 Å². The second-order valence-corrected chi connectivity index (χ2v) is 14.5. The lowest BCUT2D eigenvalue weighted by molar-refractivity contribution is 1.19. The van der Waals surface area contributed by atoms with E-state index in [2.05, 4.69) is 188 Å². The summed E-state index contributed by atoms with van der Waals surface area (Å²) in [5.41, 5.74) is 9.85. The molecule has 0 saturated heterocycles. The van der Waals surface area contributed by atoms with E-state index >= 15 is 0 Å². The molecule has 0 unspecified atom stereocenters. The van der Waals surface area contributed by atoms with E-state index in [0.717, 1.165) is 33.5 Å². The van der Waals surface area contributed by atoms with E-state index in [1.165, 1.54) is 70.7 Å². The van der Waals surface area contributed by atoms with Gasteiger partial charge in [0.1, 0.15) is 0 Å². The zero-order valence-electron chi connectivity index (χ0n) is 30.5. The van der Waals surface area contributed by atoms with Crippen molar-refractivity contribution in [3.8, 4) is 56.2 Å². The Morgan fingerprint density at radius 2 is 0.804 bits per heavy atom. The number of fused-ring (bicyclic) bond motifs is 6. The minimum Gasteiger partial charge on any atom is -0.228 e. The van der Waals surface area contributed by atoms with Crippen LogP contribution in [0.25, 0.3) is 110 Å². The Morgan fingerprint density at radius 3 is 1.55 bits per heavy atom. The molecule has 0 N–H and O–H groups in total. The van der Waals surface area contributed by atoms with Gasteiger partial charge in [0, 0.05) is 16.7 Å². The first-order valence-electron chi connectivity index (χ1n) is 19.2. The number of benzene rings is 10. The van der Waals surface area contributed by atoms with Crippen molar-refractivity contribution in [3.05, 3.63) is 206 Å². The number of aromatic nitrogens is 2. The SMILES string of the molecule is c1ccc(-c2nc(-c3ccc4ccccc4c3)cc(-c3ccc(-c4c5ccccc5c(-c5ccccc5)c5ccc6ccccc6c45)c4ccccc34)n2)cc1. The fourth-order valence-electron chi connectivity index (χ4n) is 8.68. The van der Waals surface area contributed by atoms with Crippen LogP contribution in [0.1, 0.15) is 0 Å². The molecule has 0 atom stereocenters. The van der Waals surface area contributed by atoms with Crippen LogP contribution in [0.15, 0.2) is 206 Å². The van der Waals surface area contributed by atoms with Gasteiger partial charge in [0.25, 0.3) is 0 Å². The lowest BCUT2D eigenvalue weighted by Gasteiger charge is -2.21. The third kappa shape index (κ3) is 5.26. The third-order valence-corrected chi connectivity index (χ3v) is 11.2. The molecule has 0 radical (unpaired) electrons. The zero-order valence-corrected chi connectivity index (χ0v) is 30.5. The van der Waals surface area contributed by atoms with E-state index in [4.69, 9.17) is 9.97 Å². The highest BCUT2D eigenvalue weighted by molar-refractivity contribution is 6.29. The van der Waals surface area contributed by atoms with E-state index in [1.54, 1.807) is 0 Å². The summed E-state index contributed by atoms with van der Waals surface area (Å²) in [6, 6.07) is 74.1. The van der Waals surface area contributed by atoms with Gasteiger partial charge in [-0.15, -0.1) is 0 Å². The molecule has 0 aliphatic carbocycles. The molecule has 2 heteroatoms. The second kappa shape index (κ2) is 13.2. The maximum Gasteiger partial charge on any atom is 0.160 e. The molecule has 10 aromatic carbocycles. The first kappa shape index (κ1) is 32.0. The van der Waals surface area contributed by atoms with Crippen molar-refractivity contribution in [1.29, 1.82) is 0 Å². The van der Waals surface area contributed by atoms with Crippen LogP contribution in [-0.2, 0) is 0 Å². The van der Waals surface area contributed by atoms with Gasteiger partial charge in [-0.3, -0.25) is 0 Å². The minimum absolute atomic E-state index is 0.708. The van der Waals surface area contributed by atoms with E-state index in [9.17, 15) is 0 Å². The van der Waals surface area contributed by atoms with Crippen molar-refractivity contribution in [3.63, 3.8) is 0 Å². The third-order valence-electron chi connectivity index (χ3n) is 11.2. The summed E-state index contributed by atoms with van der Waals surface area (Å²) < 4.78 is 0. The molecule has 1 heterocycles. The van der Waals surface area contributed by atoms with E-state index < -0.39 is 0 Å². The topological polar surface area (TPSA) is 25.8 Å². The van der Waals surface area contributed by atoms with Gasteiger partial charge in [0.2, 0.25) is 0 Å². The maximum atomic E-state index is 5.29. The average Bonchev–Trinajstić information content (AvgIpc) is 3.28. The van der Waals surface area contributed by atoms with Crippen molar-refractivity contribution in [2.45, 2.75) is 0 Å². The first-order valence-corrected chi connectivity index (χ1v) is 19.2. The summed E-state index contributed by atoms with van der Waals surface area (Å²) >= 11 is 0. The fourth-order valence-corrected chi connectivity index (χ4v) is 8.68. The summed E-state index contributed by atoms with van der Waals surface area (Å²) in [6.45, 7) is 0. The standard InChI is InChI=1S/C54H34N2/c1-3-17-37(18-4-1)51-45-25-13-14-26-46(45)53(52-41-22-10-9-16-36(41)29-30-48(51)52)47-32-31-44(42-23-11-12-24-43(42)47)50-34-49(55-54(56-50)38-19-5-2-6-20-38)40-28-27-35-15-7-8-21-39(35)33-40/h1-34H. The van der Waals surface area contributed by atoms with Gasteiger partial charge in [-0.25, -0.2) is 9.97 Å². The molecule has 0 spiro atoms. The lowest BCUT2D eigenvalue weighted by atomic mass is 9.82. The maximum absolute atomic E-state index is 5.29. The summed E-state index contributed by atoms with van der Waals surface area (Å²) in [5, 5.41) is 12.2. The highest BCUT2D eigenvalue weighted by Crippen LogP contribution is 2.48. The van der Waals surface area contributed by atoms with E-state index in [1.807, 2.05) is 18.2 Å². The molecular formula is C54H34N2. The smallest absolute Gasteiger partial charge is 0.160 e. The molecule has 2 nitrogen and oxygen atoms in total. The van der Waals surface area contributed by atoms with Gasteiger partial charge >= 0.3 is 0 Å². The highest BCUT2D eigenvalue weighted by atomic mass is 14.9. The van der Waals surface area contributed by atoms with Crippen LogP contribution >= 0.6 is 0 Å². The lowest BCUT2D eigenvalue weighted by Crippen LogP contribution is -1.97. The predicted molar refractivity (Wildman–Crippen MR) is 237 cm³/mol. The van der Waals surface area contributed by atoms with Crippen LogP contribution in [0.4, 0.5) is 0 Å². The number of hydrogen-bond acceptors (Lipinski definition) is 2. The Bertz CT molecular complexity index is 3290. The Kier molecular flexibility index (Phi) is 7.53. The molecule has 260 valence electrons. The van der Waals surface area contributed by atoms with Crippen LogP contribution in [0.5, 0.6) is 0 Å². The second-order valence-electron chi connectivity index (χ2n) is 14.5. The van der Waals surface area contributed by atoms with Crippen molar-refractivity contribution in [2.75, 3.05) is 0 Å². The Hall–Kier alpha value is -7.42. The van der Waals surface area contributed by atoms with Gasteiger partial charge < -0.3 is 0 Å². The highest BCUT2D eigenvalue weighted by Gasteiger charge is 2.21. The van der Waals surface area contributed by atoms with Crippen molar-refractivity contribution in [1.82, 2.24) is 9.97 Å². The van der Waals surface area contributed by atoms with Crippen LogP contribution in [0.2, 0.25) is 0 Å². The summed E-state index contributed by atoms with van der Waals surface area (Å²) in [5.74, 6) is 0.708. The molecule has 0 aliphatic rings. The molecule has 11 aromatic rings. The van der Waals surface area contributed by atoms with Gasteiger partial charge in [0.05, 0.1) is 11.4 Å². The van der Waals surface area contributed by atoms with Gasteiger partial charge in [-0.2, -0.15) is 0 Å². The normalized spacial score (nSPS) is 11.6. The van der Waals surface area contributed by atoms with Crippen LogP contribution < -0.4 is 0 Å². The quantitative estimate of drug-likeness (QED) is 0.131. The number of rotatable bonds is 5. The number of hydrogen-bond donors (Lipinski definition) is 0. The molecule has 56 heavy (non-hydrogen) atoms. The Balaban J connectivity index is 1.20. The summed E-state index contributed by atoms with van der Waals surface area (Å²) in [7, 11) is 0. The Morgan fingerprint density at radius 1 is 0.268 bits per heavy atom. The van der Waals surface area contributed by atoms with Crippen molar-refractivity contribution >= 4 is 53.9 Å². The summed E-state index contributed by atoms with van der Waals surface area (Å²) in [4.78, 5) is 10.5. The molecule has 1 aromatic heterocycles. The molecule has 0 bridgehead atoms. The molecule has 0 amide bonds. The fraction of sp³-hybridized carbons (Fsp3) is 0. The van der Waals surface area contributed by atoms with Crippen LogP contribution in [-0.4, -0.2) is 9.97 Å². The van der Waals surface area contributed by atoms with E-state index in [-0.39, 0.29) is 0 Å². The van der Waals surface area contributed by atoms with E-state index in [0.29, 0.717) is 5.82 Å². The van der Waals surface area contributed by atoms with Gasteiger partial charge in [-0.1, -0.05) is 194 Å². The number of nitrogens with zero attached hydrogens (tertiary/aromatic N) is 2.